The molecule has 0 aliphatic carbocycles. The third-order valence-electron chi connectivity index (χ3n) is 4.86. The molecule has 0 bridgehead atoms. The normalized spacial score (nSPS) is 11.0. The number of imidazole rings is 1. The lowest BCUT2D eigenvalue weighted by molar-refractivity contribution is -0.385. The second-order valence-electron chi connectivity index (χ2n) is 6.84. The minimum absolute atomic E-state index is 0.0150. The Morgan fingerprint density at radius 2 is 1.97 bits per heavy atom. The van der Waals surface area contributed by atoms with Crippen LogP contribution >= 0.6 is 11.3 Å². The van der Waals surface area contributed by atoms with Crippen LogP contribution in [0.3, 0.4) is 0 Å². The van der Waals surface area contributed by atoms with Crippen molar-refractivity contribution in [3.63, 3.8) is 0 Å². The summed E-state index contributed by atoms with van der Waals surface area (Å²) in [4.78, 5) is 29.2. The summed E-state index contributed by atoms with van der Waals surface area (Å²) in [6.07, 6.45) is 1.89. The lowest BCUT2D eigenvalue weighted by Crippen LogP contribution is -2.22. The van der Waals surface area contributed by atoms with Crippen molar-refractivity contribution in [1.29, 1.82) is 0 Å². The van der Waals surface area contributed by atoms with Gasteiger partial charge in [-0.15, -0.1) is 0 Å². The fourth-order valence-electron chi connectivity index (χ4n) is 3.18. The van der Waals surface area contributed by atoms with Gasteiger partial charge in [0.05, 0.1) is 17.2 Å². The predicted molar refractivity (Wildman–Crippen MR) is 112 cm³/mol. The topological polar surface area (TPSA) is 89.5 Å². The fourth-order valence-corrected chi connectivity index (χ4v) is 4.22. The summed E-state index contributed by atoms with van der Waals surface area (Å²) in [7, 11) is 0. The molecule has 0 atom stereocenters. The van der Waals surface area contributed by atoms with Crippen molar-refractivity contribution >= 4 is 27.9 Å². The smallest absolute Gasteiger partial charge is 0.272 e. The summed E-state index contributed by atoms with van der Waals surface area (Å²) in [6, 6.07) is 10.5. The standard InChI is InChI=1S/C21H17FN4O3S/c1-12-9-15(5-8-18(12)26(28)29)20(27)23-10-19-13(2)25-11-17(24-21(25)30-19)14-3-6-16(22)7-4-14/h3-9,11H,10H2,1-2H3,(H,23,27). The second-order valence-corrected chi connectivity index (χ2v) is 7.90. The highest BCUT2D eigenvalue weighted by atomic mass is 32.1. The number of nitrogens with zero attached hydrogens (tertiary/aromatic N) is 3. The lowest BCUT2D eigenvalue weighted by Gasteiger charge is -2.06. The number of nitro benzene ring substituents is 1. The molecule has 0 saturated heterocycles. The zero-order valence-corrected chi connectivity index (χ0v) is 17.0. The van der Waals surface area contributed by atoms with Gasteiger partial charge in [0.25, 0.3) is 11.6 Å². The molecule has 1 N–H and O–H groups in total. The molecule has 2 heterocycles. The minimum Gasteiger partial charge on any atom is -0.347 e. The van der Waals surface area contributed by atoms with E-state index in [0.29, 0.717) is 17.7 Å². The summed E-state index contributed by atoms with van der Waals surface area (Å²) >= 11 is 1.46. The van der Waals surface area contributed by atoms with Crippen LogP contribution < -0.4 is 5.32 Å². The first-order chi connectivity index (χ1) is 14.3. The van der Waals surface area contributed by atoms with E-state index < -0.39 is 4.92 Å². The van der Waals surface area contributed by atoms with E-state index in [2.05, 4.69) is 10.3 Å². The third-order valence-corrected chi connectivity index (χ3v) is 6.01. The number of carbonyl (C=O) groups excluding carboxylic acids is 1. The van der Waals surface area contributed by atoms with E-state index >= 15 is 0 Å². The number of hydrogen-bond acceptors (Lipinski definition) is 5. The number of aryl methyl sites for hydroxylation is 2. The van der Waals surface area contributed by atoms with Gasteiger partial charge in [-0.3, -0.25) is 19.3 Å². The summed E-state index contributed by atoms with van der Waals surface area (Å²) in [6.45, 7) is 3.86. The number of thiazole rings is 1. The molecule has 1 amide bonds. The van der Waals surface area contributed by atoms with Crippen molar-refractivity contribution in [2.45, 2.75) is 20.4 Å². The van der Waals surface area contributed by atoms with Crippen LogP contribution in [0.1, 0.15) is 26.5 Å². The van der Waals surface area contributed by atoms with E-state index in [9.17, 15) is 19.3 Å². The van der Waals surface area contributed by atoms with Crippen LogP contribution in [-0.2, 0) is 6.54 Å². The number of hydrogen-bond donors (Lipinski definition) is 1. The molecule has 0 aliphatic rings. The van der Waals surface area contributed by atoms with Gasteiger partial charge in [-0.2, -0.15) is 0 Å². The molecule has 0 fully saturated rings. The molecule has 4 aromatic rings. The fraction of sp³-hybridized carbons (Fsp3) is 0.143. The number of amides is 1. The Morgan fingerprint density at radius 1 is 1.23 bits per heavy atom. The van der Waals surface area contributed by atoms with Crippen molar-refractivity contribution in [3.05, 3.63) is 86.3 Å². The van der Waals surface area contributed by atoms with Crippen LogP contribution in [0.15, 0.2) is 48.7 Å². The maximum Gasteiger partial charge on any atom is 0.272 e. The van der Waals surface area contributed by atoms with Crippen molar-refractivity contribution < 1.29 is 14.1 Å². The van der Waals surface area contributed by atoms with Gasteiger partial charge >= 0.3 is 0 Å². The Bertz CT molecular complexity index is 1280. The Kier molecular flexibility index (Phi) is 5.04. The highest BCUT2D eigenvalue weighted by Gasteiger charge is 2.16. The molecule has 0 saturated carbocycles. The van der Waals surface area contributed by atoms with Gasteiger partial charge in [-0.1, -0.05) is 11.3 Å². The number of aromatic nitrogens is 2. The molecular weight excluding hydrogens is 407 g/mol. The molecular formula is C21H17FN4O3S. The average molecular weight is 424 g/mol. The number of fused-ring (bicyclic) bond motifs is 1. The SMILES string of the molecule is Cc1cc(C(=O)NCc2sc3nc(-c4ccc(F)cc4)cn3c2C)ccc1[N+](=O)[O-]. The van der Waals surface area contributed by atoms with Crippen molar-refractivity contribution in [2.24, 2.45) is 0 Å². The van der Waals surface area contributed by atoms with Gasteiger partial charge in [0.2, 0.25) is 0 Å². The van der Waals surface area contributed by atoms with Crippen LogP contribution in [0.2, 0.25) is 0 Å². The van der Waals surface area contributed by atoms with Crippen LogP contribution in [0.5, 0.6) is 0 Å². The summed E-state index contributed by atoms with van der Waals surface area (Å²) in [5, 5.41) is 13.8. The number of nitro groups is 1. The molecule has 0 spiro atoms. The predicted octanol–water partition coefficient (Wildman–Crippen LogP) is 4.66. The van der Waals surface area contributed by atoms with Crippen LogP contribution in [-0.4, -0.2) is 20.2 Å². The molecule has 30 heavy (non-hydrogen) atoms. The zero-order chi connectivity index (χ0) is 21.4. The minimum atomic E-state index is -0.470. The first-order valence-corrected chi connectivity index (χ1v) is 9.91. The summed E-state index contributed by atoms with van der Waals surface area (Å²) < 4.78 is 15.1. The number of halogens is 1. The van der Waals surface area contributed by atoms with E-state index in [1.54, 1.807) is 19.1 Å². The number of nitrogens with one attached hydrogen (secondary N) is 1. The van der Waals surface area contributed by atoms with Crippen LogP contribution in [0.4, 0.5) is 10.1 Å². The van der Waals surface area contributed by atoms with Gasteiger partial charge < -0.3 is 5.32 Å². The zero-order valence-electron chi connectivity index (χ0n) is 16.2. The quantitative estimate of drug-likeness (QED) is 0.373. The maximum absolute atomic E-state index is 13.1. The summed E-state index contributed by atoms with van der Waals surface area (Å²) in [5.41, 5.74) is 3.33. The monoisotopic (exact) mass is 424 g/mol. The molecule has 4 rings (SSSR count). The van der Waals surface area contributed by atoms with E-state index in [1.807, 2.05) is 17.5 Å². The van der Waals surface area contributed by atoms with E-state index in [-0.39, 0.29) is 17.4 Å². The van der Waals surface area contributed by atoms with E-state index in [4.69, 9.17) is 0 Å². The molecule has 152 valence electrons. The molecule has 9 heteroatoms. The van der Waals surface area contributed by atoms with Crippen molar-refractivity contribution in [1.82, 2.24) is 14.7 Å². The Balaban J connectivity index is 1.50. The number of carbonyl (C=O) groups is 1. The van der Waals surface area contributed by atoms with E-state index in [1.165, 1.54) is 41.7 Å². The van der Waals surface area contributed by atoms with Gasteiger partial charge in [-0.25, -0.2) is 9.37 Å². The van der Waals surface area contributed by atoms with Crippen molar-refractivity contribution in [3.8, 4) is 11.3 Å². The van der Waals surface area contributed by atoms with Crippen LogP contribution in [0.25, 0.3) is 16.2 Å². The molecule has 2 aromatic heterocycles. The molecule has 0 unspecified atom stereocenters. The molecule has 2 aromatic carbocycles. The van der Waals surface area contributed by atoms with Crippen LogP contribution in [0, 0.1) is 29.8 Å². The maximum atomic E-state index is 13.1. The highest BCUT2D eigenvalue weighted by Crippen LogP contribution is 2.27. The van der Waals surface area contributed by atoms with Gasteiger partial charge in [0, 0.05) is 39.5 Å². The highest BCUT2D eigenvalue weighted by molar-refractivity contribution is 7.17. The Labute approximate surface area is 175 Å². The number of rotatable bonds is 5. The largest absolute Gasteiger partial charge is 0.347 e. The van der Waals surface area contributed by atoms with E-state index in [0.717, 1.165) is 26.8 Å². The molecule has 7 nitrogen and oxygen atoms in total. The Morgan fingerprint density at radius 3 is 2.60 bits per heavy atom. The second kappa shape index (κ2) is 7.68. The van der Waals surface area contributed by atoms with Crippen molar-refractivity contribution in [2.75, 3.05) is 0 Å². The van der Waals surface area contributed by atoms with Gasteiger partial charge in [0.15, 0.2) is 4.96 Å². The average Bonchev–Trinajstić information content (AvgIpc) is 3.25. The summed E-state index contributed by atoms with van der Waals surface area (Å²) in [5.74, 6) is -0.595. The molecule has 0 aliphatic heterocycles. The third kappa shape index (κ3) is 3.67. The first-order valence-electron chi connectivity index (χ1n) is 9.10. The Hall–Kier alpha value is -3.59. The number of benzene rings is 2. The first kappa shape index (κ1) is 19.7. The molecule has 0 radical (unpaired) electrons. The lowest BCUT2D eigenvalue weighted by atomic mass is 10.1. The van der Waals surface area contributed by atoms with Gasteiger partial charge in [0.1, 0.15) is 5.82 Å². The van der Waals surface area contributed by atoms with Gasteiger partial charge in [-0.05, 0) is 50.2 Å².